The fraction of sp³-hybridized carbons (Fsp3) is 0.176. The summed E-state index contributed by atoms with van der Waals surface area (Å²) in [5, 5.41) is 3.91. The molecular formula is C17H16Br2N2O4. The maximum atomic E-state index is 11.8. The second-order valence-corrected chi connectivity index (χ2v) is 6.46. The number of halogens is 2. The SMILES string of the molecule is COc1cc(/C=N\NC(=O)COc2ccccc2Br)cc(Br)c1OC. The average Bonchev–Trinajstić information content (AvgIpc) is 2.60. The molecule has 6 nitrogen and oxygen atoms in total. The first-order chi connectivity index (χ1) is 12.0. The number of amides is 1. The van der Waals surface area contributed by atoms with Gasteiger partial charge in [-0.25, -0.2) is 5.43 Å². The van der Waals surface area contributed by atoms with Crippen LogP contribution in [-0.4, -0.2) is 32.9 Å². The lowest BCUT2D eigenvalue weighted by atomic mass is 10.2. The molecule has 0 saturated heterocycles. The van der Waals surface area contributed by atoms with Crippen LogP contribution in [0.2, 0.25) is 0 Å². The number of nitrogens with one attached hydrogen (secondary N) is 1. The molecule has 0 aliphatic heterocycles. The highest BCUT2D eigenvalue weighted by Gasteiger charge is 2.09. The van der Waals surface area contributed by atoms with Crippen LogP contribution in [0.5, 0.6) is 17.2 Å². The Kier molecular flexibility index (Phi) is 7.27. The lowest BCUT2D eigenvalue weighted by molar-refractivity contribution is -0.123. The summed E-state index contributed by atoms with van der Waals surface area (Å²) in [6, 6.07) is 10.8. The predicted octanol–water partition coefficient (Wildman–Crippen LogP) is 3.76. The normalized spacial score (nSPS) is 10.6. The Morgan fingerprint density at radius 1 is 1.12 bits per heavy atom. The molecular weight excluding hydrogens is 456 g/mol. The third-order valence-electron chi connectivity index (χ3n) is 3.05. The lowest BCUT2D eigenvalue weighted by Gasteiger charge is -2.10. The van der Waals surface area contributed by atoms with Gasteiger partial charge in [-0.3, -0.25) is 4.79 Å². The number of para-hydroxylation sites is 1. The Morgan fingerprint density at radius 3 is 2.56 bits per heavy atom. The summed E-state index contributed by atoms with van der Waals surface area (Å²) in [6.45, 7) is -0.143. The summed E-state index contributed by atoms with van der Waals surface area (Å²) in [6.07, 6.45) is 1.50. The molecule has 1 amide bonds. The molecule has 132 valence electrons. The van der Waals surface area contributed by atoms with Gasteiger partial charge in [0, 0.05) is 0 Å². The van der Waals surface area contributed by atoms with E-state index in [1.807, 2.05) is 18.2 Å². The summed E-state index contributed by atoms with van der Waals surface area (Å²) in [5.41, 5.74) is 3.14. The van der Waals surface area contributed by atoms with Crippen molar-refractivity contribution in [1.29, 1.82) is 0 Å². The van der Waals surface area contributed by atoms with Gasteiger partial charge < -0.3 is 14.2 Å². The van der Waals surface area contributed by atoms with Crippen LogP contribution in [0, 0.1) is 0 Å². The molecule has 2 aromatic rings. The van der Waals surface area contributed by atoms with E-state index in [1.54, 1.807) is 32.4 Å². The largest absolute Gasteiger partial charge is 0.493 e. The first kappa shape index (κ1) is 19.3. The molecule has 8 heteroatoms. The summed E-state index contributed by atoms with van der Waals surface area (Å²) in [7, 11) is 3.10. The van der Waals surface area contributed by atoms with Gasteiger partial charge in [0.25, 0.3) is 5.91 Å². The minimum Gasteiger partial charge on any atom is -0.493 e. The third kappa shape index (κ3) is 5.47. The van der Waals surface area contributed by atoms with Crippen LogP contribution in [0.4, 0.5) is 0 Å². The van der Waals surface area contributed by atoms with Gasteiger partial charge in [0.05, 0.1) is 29.4 Å². The van der Waals surface area contributed by atoms with Crippen LogP contribution < -0.4 is 19.6 Å². The number of ether oxygens (including phenoxy) is 3. The molecule has 2 rings (SSSR count). The van der Waals surface area contributed by atoms with E-state index >= 15 is 0 Å². The zero-order chi connectivity index (χ0) is 18.2. The molecule has 0 fully saturated rings. The number of hydrogen-bond donors (Lipinski definition) is 1. The van der Waals surface area contributed by atoms with Crippen molar-refractivity contribution < 1.29 is 19.0 Å². The Bertz CT molecular complexity index is 781. The predicted molar refractivity (Wildman–Crippen MR) is 103 cm³/mol. The number of methoxy groups -OCH3 is 2. The fourth-order valence-electron chi connectivity index (χ4n) is 1.93. The molecule has 0 radical (unpaired) electrons. The molecule has 0 unspecified atom stereocenters. The zero-order valence-corrected chi connectivity index (χ0v) is 16.8. The molecule has 25 heavy (non-hydrogen) atoms. The molecule has 2 aromatic carbocycles. The van der Waals surface area contributed by atoms with Crippen molar-refractivity contribution >= 4 is 44.0 Å². The van der Waals surface area contributed by atoms with Gasteiger partial charge in [0.2, 0.25) is 0 Å². The van der Waals surface area contributed by atoms with Gasteiger partial charge in [0.1, 0.15) is 5.75 Å². The second-order valence-electron chi connectivity index (χ2n) is 4.75. The number of carbonyl (C=O) groups excluding carboxylic acids is 1. The molecule has 0 bridgehead atoms. The number of nitrogens with zero attached hydrogens (tertiary/aromatic N) is 1. The Balaban J connectivity index is 1.93. The van der Waals surface area contributed by atoms with Gasteiger partial charge in [0.15, 0.2) is 18.1 Å². The van der Waals surface area contributed by atoms with E-state index in [9.17, 15) is 4.79 Å². The molecule has 0 aliphatic rings. The van der Waals surface area contributed by atoms with Gasteiger partial charge >= 0.3 is 0 Å². The topological polar surface area (TPSA) is 69.2 Å². The highest BCUT2D eigenvalue weighted by Crippen LogP contribution is 2.35. The van der Waals surface area contributed by atoms with Gasteiger partial charge in [-0.05, 0) is 61.7 Å². The molecule has 0 spiro atoms. The third-order valence-corrected chi connectivity index (χ3v) is 4.30. The summed E-state index contributed by atoms with van der Waals surface area (Å²) in [5.74, 6) is 1.37. The average molecular weight is 472 g/mol. The number of hydrogen-bond acceptors (Lipinski definition) is 5. The Labute approximate surface area is 162 Å². The van der Waals surface area contributed by atoms with E-state index in [0.717, 1.165) is 14.5 Å². The molecule has 0 saturated carbocycles. The van der Waals surface area contributed by atoms with Crippen LogP contribution in [0.25, 0.3) is 0 Å². The summed E-state index contributed by atoms with van der Waals surface area (Å²) in [4.78, 5) is 11.8. The van der Waals surface area contributed by atoms with Gasteiger partial charge in [-0.15, -0.1) is 0 Å². The maximum absolute atomic E-state index is 11.8. The smallest absolute Gasteiger partial charge is 0.277 e. The minimum atomic E-state index is -0.369. The van der Waals surface area contributed by atoms with E-state index in [4.69, 9.17) is 14.2 Å². The lowest BCUT2D eigenvalue weighted by Crippen LogP contribution is -2.24. The number of rotatable bonds is 7. The van der Waals surface area contributed by atoms with Crippen LogP contribution in [0.15, 0.2) is 50.4 Å². The van der Waals surface area contributed by atoms with Crippen molar-refractivity contribution in [2.45, 2.75) is 0 Å². The van der Waals surface area contributed by atoms with Gasteiger partial charge in [-0.2, -0.15) is 5.10 Å². The van der Waals surface area contributed by atoms with Crippen LogP contribution in [-0.2, 0) is 4.79 Å². The standard InChI is InChI=1S/C17H16Br2N2O4/c1-23-15-8-11(7-13(19)17(15)24-2)9-20-21-16(22)10-25-14-6-4-3-5-12(14)18/h3-9H,10H2,1-2H3,(H,21,22)/b20-9-. The fourth-order valence-corrected chi connectivity index (χ4v) is 2.95. The monoisotopic (exact) mass is 470 g/mol. The van der Waals surface area contributed by atoms with E-state index in [1.165, 1.54) is 6.21 Å². The van der Waals surface area contributed by atoms with Crippen molar-refractivity contribution in [2.75, 3.05) is 20.8 Å². The zero-order valence-electron chi connectivity index (χ0n) is 13.6. The first-order valence-corrected chi connectivity index (χ1v) is 8.74. The van der Waals surface area contributed by atoms with Crippen molar-refractivity contribution in [3.05, 3.63) is 50.9 Å². The van der Waals surface area contributed by atoms with Crippen LogP contribution in [0.3, 0.4) is 0 Å². The van der Waals surface area contributed by atoms with E-state index in [2.05, 4.69) is 42.4 Å². The molecule has 0 aliphatic carbocycles. The highest BCUT2D eigenvalue weighted by molar-refractivity contribution is 9.10. The highest BCUT2D eigenvalue weighted by atomic mass is 79.9. The van der Waals surface area contributed by atoms with E-state index in [0.29, 0.717) is 17.2 Å². The van der Waals surface area contributed by atoms with Crippen molar-refractivity contribution in [1.82, 2.24) is 5.43 Å². The molecule has 0 heterocycles. The van der Waals surface area contributed by atoms with Crippen molar-refractivity contribution in [3.63, 3.8) is 0 Å². The number of hydrazone groups is 1. The maximum Gasteiger partial charge on any atom is 0.277 e. The van der Waals surface area contributed by atoms with Crippen molar-refractivity contribution in [3.8, 4) is 17.2 Å². The minimum absolute atomic E-state index is 0.143. The number of benzene rings is 2. The molecule has 1 N–H and O–H groups in total. The second kappa shape index (κ2) is 9.43. The first-order valence-electron chi connectivity index (χ1n) is 7.16. The van der Waals surface area contributed by atoms with Crippen molar-refractivity contribution in [2.24, 2.45) is 5.10 Å². The quantitative estimate of drug-likeness (QED) is 0.493. The Morgan fingerprint density at radius 2 is 1.88 bits per heavy atom. The molecule has 0 atom stereocenters. The number of carbonyl (C=O) groups is 1. The van der Waals surface area contributed by atoms with Crippen LogP contribution >= 0.6 is 31.9 Å². The van der Waals surface area contributed by atoms with E-state index < -0.39 is 0 Å². The van der Waals surface area contributed by atoms with E-state index in [-0.39, 0.29) is 12.5 Å². The summed E-state index contributed by atoms with van der Waals surface area (Å²) < 4.78 is 17.4. The Hall–Kier alpha value is -2.06. The van der Waals surface area contributed by atoms with Gasteiger partial charge in [-0.1, -0.05) is 12.1 Å². The molecule has 0 aromatic heterocycles. The van der Waals surface area contributed by atoms with Crippen LogP contribution in [0.1, 0.15) is 5.56 Å². The summed E-state index contributed by atoms with van der Waals surface area (Å²) >= 11 is 6.75.